The van der Waals surface area contributed by atoms with Gasteiger partial charge in [-0.3, -0.25) is 0 Å². The maximum Gasteiger partial charge on any atom is 0.139 e. The maximum atomic E-state index is 10.8. The van der Waals surface area contributed by atoms with Crippen molar-refractivity contribution in [2.75, 3.05) is 0 Å². The molecule has 0 aromatic carbocycles. The highest BCUT2D eigenvalue weighted by Crippen LogP contribution is 2.38. The molecule has 0 spiro atoms. The van der Waals surface area contributed by atoms with E-state index in [9.17, 15) is 5.11 Å². The summed E-state index contributed by atoms with van der Waals surface area (Å²) in [4.78, 5) is 19.3. The summed E-state index contributed by atoms with van der Waals surface area (Å²) < 4.78 is 0. The minimum Gasteiger partial charge on any atom is -0.506 e. The number of allylic oxidation sites excluding steroid dienone is 10. The zero-order valence-corrected chi connectivity index (χ0v) is 26.6. The van der Waals surface area contributed by atoms with Gasteiger partial charge in [0.15, 0.2) is 0 Å². The number of aliphatic hydroxyl groups is 1. The van der Waals surface area contributed by atoms with E-state index in [4.69, 9.17) is 15.0 Å². The second kappa shape index (κ2) is 11.0. The molecule has 6 heteroatoms. The van der Waals surface area contributed by atoms with Crippen LogP contribution in [0.25, 0.3) is 12.2 Å². The van der Waals surface area contributed by atoms with Crippen LogP contribution in [0, 0.1) is 6.92 Å². The van der Waals surface area contributed by atoms with Gasteiger partial charge in [-0.05, 0) is 134 Å². The number of nitrogens with zero attached hydrogens (tertiary/aromatic N) is 3. The Morgan fingerprint density at radius 3 is 1.86 bits per heavy atom. The third kappa shape index (κ3) is 4.69. The van der Waals surface area contributed by atoms with E-state index in [0.717, 1.165) is 82.6 Å². The Hall–Kier alpha value is -4.45. The molecular formula is C37H41N5O. The summed E-state index contributed by atoms with van der Waals surface area (Å²) >= 11 is 0. The first-order valence-corrected chi connectivity index (χ1v) is 15.5. The molecule has 0 aliphatic carbocycles. The van der Waals surface area contributed by atoms with E-state index in [-0.39, 0.29) is 5.76 Å². The van der Waals surface area contributed by atoms with E-state index in [1.165, 1.54) is 39.0 Å². The molecule has 0 amide bonds. The summed E-state index contributed by atoms with van der Waals surface area (Å²) in [6.07, 6.45) is 15.6. The van der Waals surface area contributed by atoms with Crippen LogP contribution in [0.5, 0.6) is 0 Å². The Balaban J connectivity index is 1.64. The minimum absolute atomic E-state index is 0.187. The molecule has 43 heavy (non-hydrogen) atoms. The van der Waals surface area contributed by atoms with E-state index in [1.807, 2.05) is 12.2 Å². The molecule has 6 heterocycles. The highest BCUT2D eigenvalue weighted by atomic mass is 16.3. The topological polar surface area (TPSA) is 85.1 Å². The van der Waals surface area contributed by atoms with E-state index >= 15 is 0 Å². The molecule has 1 aromatic heterocycles. The summed E-state index contributed by atoms with van der Waals surface area (Å²) in [5.74, 6) is 0.187. The largest absolute Gasteiger partial charge is 0.506 e. The van der Waals surface area contributed by atoms with E-state index in [1.54, 1.807) is 6.08 Å². The second-order valence-corrected chi connectivity index (χ2v) is 11.6. The highest BCUT2D eigenvalue weighted by molar-refractivity contribution is 6.55. The molecule has 0 atom stereocenters. The van der Waals surface area contributed by atoms with Gasteiger partial charge >= 0.3 is 0 Å². The fraction of sp³-hybridized carbons (Fsp3) is 0.324. The molecule has 6 nitrogen and oxygen atoms in total. The Labute approximate surface area is 254 Å². The zero-order valence-electron chi connectivity index (χ0n) is 26.6. The molecule has 0 saturated heterocycles. The lowest BCUT2D eigenvalue weighted by molar-refractivity contribution is 0.421. The summed E-state index contributed by atoms with van der Waals surface area (Å²) in [7, 11) is 0. The Morgan fingerprint density at radius 1 is 0.628 bits per heavy atom. The van der Waals surface area contributed by atoms with Gasteiger partial charge in [-0.1, -0.05) is 27.7 Å². The number of H-pyrrole nitrogens is 1. The standard InChI is InChI=1S/C37H41N5O/c1-9-24-19(5)28-15-23-13-14-35(43)34(38-23)16-29-20(6)25(10-2)31(40-29)18-33-27(12-4)22(8)37(42-33)36-21(7)26(11-3)32(41-36)17-30(24)39-28/h13-18,38-39,43H,9-12H2,1-8H3. The van der Waals surface area contributed by atoms with Gasteiger partial charge < -0.3 is 15.4 Å². The van der Waals surface area contributed by atoms with Crippen LogP contribution < -0.4 is 5.32 Å². The Bertz CT molecular complexity index is 1850. The number of aliphatic imine (C=N–C) groups is 3. The number of fused-ring (bicyclic) bond motifs is 8. The molecule has 0 unspecified atom stereocenters. The summed E-state index contributed by atoms with van der Waals surface area (Å²) in [6.45, 7) is 17.4. The van der Waals surface area contributed by atoms with Gasteiger partial charge in [0.25, 0.3) is 0 Å². The first-order valence-electron chi connectivity index (χ1n) is 15.5. The van der Waals surface area contributed by atoms with E-state index in [2.05, 4.69) is 83.9 Å². The van der Waals surface area contributed by atoms with Crippen LogP contribution in [0.15, 0.2) is 107 Å². The number of aromatic amines is 1. The van der Waals surface area contributed by atoms with Gasteiger partial charge in [-0.2, -0.15) is 0 Å². The molecule has 0 radical (unpaired) electrons. The van der Waals surface area contributed by atoms with Crippen LogP contribution in [-0.4, -0.2) is 27.2 Å². The monoisotopic (exact) mass is 571 g/mol. The van der Waals surface area contributed by atoms with Gasteiger partial charge in [0.2, 0.25) is 0 Å². The molecule has 6 rings (SSSR count). The molecule has 0 saturated carbocycles. The maximum absolute atomic E-state index is 10.8. The molecular weight excluding hydrogens is 530 g/mol. The molecule has 3 N–H and O–H groups in total. The molecule has 5 aliphatic rings. The van der Waals surface area contributed by atoms with Crippen LogP contribution in [0.1, 0.15) is 90.2 Å². The lowest BCUT2D eigenvalue weighted by Crippen LogP contribution is -2.15. The van der Waals surface area contributed by atoms with Crippen molar-refractivity contribution in [1.29, 1.82) is 0 Å². The van der Waals surface area contributed by atoms with Crippen LogP contribution in [-0.2, 0) is 6.42 Å². The number of aliphatic hydroxyl groups excluding tert-OH is 1. The molecule has 220 valence electrons. The van der Waals surface area contributed by atoms with Crippen LogP contribution in [0.2, 0.25) is 0 Å². The average molecular weight is 572 g/mol. The number of hydrogen-bond acceptors (Lipinski definition) is 5. The minimum atomic E-state index is 0.187. The lowest BCUT2D eigenvalue weighted by atomic mass is 9.95. The van der Waals surface area contributed by atoms with Crippen molar-refractivity contribution in [3.63, 3.8) is 0 Å². The van der Waals surface area contributed by atoms with Crippen molar-refractivity contribution in [1.82, 2.24) is 10.3 Å². The number of dihydropyridines is 1. The number of hydrogen-bond donors (Lipinski definition) is 3. The van der Waals surface area contributed by atoms with E-state index < -0.39 is 0 Å². The van der Waals surface area contributed by atoms with Crippen LogP contribution in [0.3, 0.4) is 0 Å². The summed E-state index contributed by atoms with van der Waals surface area (Å²) in [5.41, 5.74) is 19.0. The van der Waals surface area contributed by atoms with Crippen molar-refractivity contribution in [2.45, 2.75) is 81.1 Å². The Kier molecular flexibility index (Phi) is 7.33. The predicted molar refractivity (Wildman–Crippen MR) is 180 cm³/mol. The second-order valence-electron chi connectivity index (χ2n) is 11.6. The van der Waals surface area contributed by atoms with Gasteiger partial charge in [-0.25, -0.2) is 15.0 Å². The Morgan fingerprint density at radius 2 is 1.26 bits per heavy atom. The fourth-order valence-corrected chi connectivity index (χ4v) is 6.81. The van der Waals surface area contributed by atoms with Gasteiger partial charge in [0, 0.05) is 17.1 Å². The van der Waals surface area contributed by atoms with Gasteiger partial charge in [-0.15, -0.1) is 0 Å². The SMILES string of the molecule is CCC1=C(C)C2=NC1=CC1=NC(=CC3=C(O)C=CC(=Cc4[nH]c(c(CC)c4C)C=C4N=C2C(C)=C4CC)N3)C(C)=C1CC. The number of aromatic nitrogens is 1. The van der Waals surface area contributed by atoms with Gasteiger partial charge in [0.1, 0.15) is 5.76 Å². The van der Waals surface area contributed by atoms with Crippen molar-refractivity contribution in [2.24, 2.45) is 15.0 Å². The average Bonchev–Trinajstić information content (AvgIpc) is 3.66. The smallest absolute Gasteiger partial charge is 0.139 e. The number of rotatable bonds is 4. The summed E-state index contributed by atoms with van der Waals surface area (Å²) in [5, 5.41) is 14.3. The molecule has 1 aromatic rings. The van der Waals surface area contributed by atoms with Gasteiger partial charge in [0.05, 0.1) is 39.9 Å². The predicted octanol–water partition coefficient (Wildman–Crippen LogP) is 8.82. The third-order valence-electron chi connectivity index (χ3n) is 9.29. The lowest BCUT2D eigenvalue weighted by Gasteiger charge is -2.15. The molecule has 10 bridgehead atoms. The summed E-state index contributed by atoms with van der Waals surface area (Å²) in [6, 6.07) is 0. The number of nitrogens with one attached hydrogen (secondary N) is 2. The zero-order chi connectivity index (χ0) is 30.6. The third-order valence-corrected chi connectivity index (χ3v) is 9.29. The normalized spacial score (nSPS) is 19.9. The quantitative estimate of drug-likeness (QED) is 0.337. The van der Waals surface area contributed by atoms with Crippen molar-refractivity contribution >= 4 is 29.3 Å². The van der Waals surface area contributed by atoms with Crippen molar-refractivity contribution < 1.29 is 5.11 Å². The first-order chi connectivity index (χ1) is 20.7. The van der Waals surface area contributed by atoms with Crippen LogP contribution >= 0.6 is 0 Å². The molecule has 0 fully saturated rings. The van der Waals surface area contributed by atoms with E-state index in [0.29, 0.717) is 5.70 Å². The van der Waals surface area contributed by atoms with Crippen molar-refractivity contribution in [3.05, 3.63) is 115 Å². The molecule has 5 aliphatic heterocycles. The van der Waals surface area contributed by atoms with Crippen LogP contribution in [0.4, 0.5) is 0 Å². The first kappa shape index (κ1) is 28.7. The van der Waals surface area contributed by atoms with Crippen molar-refractivity contribution in [3.8, 4) is 0 Å². The highest BCUT2D eigenvalue weighted by Gasteiger charge is 2.30. The fourth-order valence-electron chi connectivity index (χ4n) is 6.81.